The average molecular weight is 409 g/mol. The lowest BCUT2D eigenvalue weighted by Crippen LogP contribution is -2.22. The predicted molar refractivity (Wildman–Crippen MR) is 117 cm³/mol. The van der Waals surface area contributed by atoms with Crippen molar-refractivity contribution in [1.29, 1.82) is 0 Å². The summed E-state index contributed by atoms with van der Waals surface area (Å²) in [5, 5.41) is 6.88. The standard InChI is InChI=1S/C23H21ClN2OS/c1-15-16(2)26(14-17-5-8-19(24)9-6-17)22-10-7-18(12-21(15)22)23(27)25-13-20-4-3-11-28-20/h3-12H,13-14H2,1-2H3,(H,25,27). The number of thiophene rings is 1. The van der Waals surface area contributed by atoms with Gasteiger partial charge in [0.05, 0.1) is 6.54 Å². The monoisotopic (exact) mass is 408 g/mol. The Hall–Kier alpha value is -2.56. The second-order valence-electron chi connectivity index (χ2n) is 6.92. The van der Waals surface area contributed by atoms with E-state index in [4.69, 9.17) is 11.6 Å². The van der Waals surface area contributed by atoms with Gasteiger partial charge in [-0.3, -0.25) is 4.79 Å². The van der Waals surface area contributed by atoms with Crippen LogP contribution in [0.4, 0.5) is 0 Å². The summed E-state index contributed by atoms with van der Waals surface area (Å²) in [5.41, 5.74) is 5.44. The van der Waals surface area contributed by atoms with Crippen LogP contribution < -0.4 is 5.32 Å². The molecule has 0 bridgehead atoms. The fraction of sp³-hybridized carbons (Fsp3) is 0.174. The first-order chi connectivity index (χ1) is 13.5. The molecular formula is C23H21ClN2OS. The molecule has 142 valence electrons. The number of halogens is 1. The van der Waals surface area contributed by atoms with Gasteiger partial charge < -0.3 is 9.88 Å². The van der Waals surface area contributed by atoms with Crippen molar-refractivity contribution in [3.63, 3.8) is 0 Å². The lowest BCUT2D eigenvalue weighted by Gasteiger charge is -2.09. The van der Waals surface area contributed by atoms with Gasteiger partial charge in [-0.1, -0.05) is 29.8 Å². The second kappa shape index (κ2) is 7.82. The number of rotatable bonds is 5. The second-order valence-corrected chi connectivity index (χ2v) is 8.39. The van der Waals surface area contributed by atoms with Crippen molar-refractivity contribution in [2.45, 2.75) is 26.9 Å². The molecular weight excluding hydrogens is 388 g/mol. The highest BCUT2D eigenvalue weighted by Crippen LogP contribution is 2.27. The zero-order valence-electron chi connectivity index (χ0n) is 15.8. The van der Waals surface area contributed by atoms with Crippen molar-refractivity contribution >= 4 is 39.7 Å². The van der Waals surface area contributed by atoms with Gasteiger partial charge in [-0.15, -0.1) is 11.3 Å². The molecule has 0 saturated carbocycles. The number of nitrogens with one attached hydrogen (secondary N) is 1. The molecule has 1 N–H and O–H groups in total. The molecule has 28 heavy (non-hydrogen) atoms. The molecule has 0 saturated heterocycles. The van der Waals surface area contributed by atoms with Crippen molar-refractivity contribution in [1.82, 2.24) is 9.88 Å². The van der Waals surface area contributed by atoms with E-state index in [1.165, 1.54) is 16.8 Å². The predicted octanol–water partition coefficient (Wildman–Crippen LogP) is 5.95. The topological polar surface area (TPSA) is 34.0 Å². The maximum Gasteiger partial charge on any atom is 0.251 e. The highest BCUT2D eigenvalue weighted by molar-refractivity contribution is 7.09. The first-order valence-corrected chi connectivity index (χ1v) is 10.4. The van der Waals surface area contributed by atoms with Crippen LogP contribution in [-0.2, 0) is 13.1 Å². The van der Waals surface area contributed by atoms with Crippen LogP contribution in [-0.4, -0.2) is 10.5 Å². The SMILES string of the molecule is Cc1c(C)n(Cc2ccc(Cl)cc2)c2ccc(C(=O)NCc3cccs3)cc12. The van der Waals surface area contributed by atoms with Crippen molar-refractivity contribution in [2.75, 3.05) is 0 Å². The van der Waals surface area contributed by atoms with Gasteiger partial charge in [-0.2, -0.15) is 0 Å². The Bertz CT molecular complexity index is 1130. The third kappa shape index (κ3) is 3.71. The fourth-order valence-electron chi connectivity index (χ4n) is 3.45. The maximum absolute atomic E-state index is 12.6. The number of hydrogen-bond acceptors (Lipinski definition) is 2. The molecule has 4 rings (SSSR count). The van der Waals surface area contributed by atoms with Crippen molar-refractivity contribution < 1.29 is 4.79 Å². The molecule has 0 aliphatic rings. The number of aryl methyl sites for hydroxylation is 1. The maximum atomic E-state index is 12.6. The normalized spacial score (nSPS) is 11.1. The van der Waals surface area contributed by atoms with Crippen molar-refractivity contribution in [3.05, 3.63) is 92.3 Å². The molecule has 4 aromatic rings. The van der Waals surface area contributed by atoms with Crippen LogP contribution in [0.1, 0.15) is 32.1 Å². The molecule has 1 amide bonds. The highest BCUT2D eigenvalue weighted by Gasteiger charge is 2.14. The van der Waals surface area contributed by atoms with Crippen molar-refractivity contribution in [3.8, 4) is 0 Å². The molecule has 0 atom stereocenters. The summed E-state index contributed by atoms with van der Waals surface area (Å²) >= 11 is 7.65. The molecule has 0 radical (unpaired) electrons. The Balaban J connectivity index is 1.62. The van der Waals surface area contributed by atoms with Crippen LogP contribution in [0.15, 0.2) is 60.0 Å². The zero-order valence-corrected chi connectivity index (χ0v) is 17.4. The van der Waals surface area contributed by atoms with E-state index < -0.39 is 0 Å². The Morgan fingerprint density at radius 2 is 1.89 bits per heavy atom. The van der Waals surface area contributed by atoms with Gasteiger partial charge in [-0.05, 0) is 66.8 Å². The summed E-state index contributed by atoms with van der Waals surface area (Å²) in [6.45, 7) is 5.58. The Morgan fingerprint density at radius 3 is 2.61 bits per heavy atom. The van der Waals surface area contributed by atoms with E-state index in [-0.39, 0.29) is 5.91 Å². The Labute approximate surface area is 173 Å². The van der Waals surface area contributed by atoms with E-state index in [0.717, 1.165) is 27.3 Å². The van der Waals surface area contributed by atoms with Gasteiger partial charge in [0.1, 0.15) is 0 Å². The van der Waals surface area contributed by atoms with E-state index in [1.54, 1.807) is 11.3 Å². The number of amides is 1. The number of carbonyl (C=O) groups is 1. The third-order valence-electron chi connectivity index (χ3n) is 5.16. The summed E-state index contributed by atoms with van der Waals surface area (Å²) in [7, 11) is 0. The minimum absolute atomic E-state index is 0.0437. The van der Waals surface area contributed by atoms with Crippen LogP contribution in [0, 0.1) is 13.8 Å². The van der Waals surface area contributed by atoms with Gasteiger partial charge in [0.2, 0.25) is 0 Å². The molecule has 0 fully saturated rings. The van der Waals surface area contributed by atoms with Crippen LogP contribution in [0.5, 0.6) is 0 Å². The highest BCUT2D eigenvalue weighted by atomic mass is 35.5. The van der Waals surface area contributed by atoms with E-state index in [0.29, 0.717) is 12.1 Å². The number of aromatic nitrogens is 1. The number of carbonyl (C=O) groups excluding carboxylic acids is 1. The minimum atomic E-state index is -0.0437. The van der Waals surface area contributed by atoms with Gasteiger partial charge in [-0.25, -0.2) is 0 Å². The lowest BCUT2D eigenvalue weighted by molar-refractivity contribution is 0.0951. The summed E-state index contributed by atoms with van der Waals surface area (Å²) in [6, 6.07) is 17.9. The van der Waals surface area contributed by atoms with Gasteiger partial charge in [0, 0.05) is 38.6 Å². The molecule has 0 spiro atoms. The molecule has 5 heteroatoms. The molecule has 3 nitrogen and oxygen atoms in total. The fourth-order valence-corrected chi connectivity index (χ4v) is 4.22. The molecule has 0 aliphatic carbocycles. The van der Waals surface area contributed by atoms with Crippen LogP contribution in [0.2, 0.25) is 5.02 Å². The number of hydrogen-bond donors (Lipinski definition) is 1. The van der Waals surface area contributed by atoms with E-state index in [2.05, 4.69) is 35.9 Å². The summed E-state index contributed by atoms with van der Waals surface area (Å²) in [6.07, 6.45) is 0. The Morgan fingerprint density at radius 1 is 1.11 bits per heavy atom. The van der Waals surface area contributed by atoms with E-state index >= 15 is 0 Å². The first-order valence-electron chi connectivity index (χ1n) is 9.17. The molecule has 2 heterocycles. The van der Waals surface area contributed by atoms with Crippen LogP contribution in [0.25, 0.3) is 10.9 Å². The molecule has 0 unspecified atom stereocenters. The number of nitrogens with zero attached hydrogens (tertiary/aromatic N) is 1. The lowest BCUT2D eigenvalue weighted by atomic mass is 10.1. The average Bonchev–Trinajstić information content (AvgIpc) is 3.31. The quantitative estimate of drug-likeness (QED) is 0.435. The Kier molecular flexibility index (Phi) is 5.25. The van der Waals surface area contributed by atoms with Gasteiger partial charge >= 0.3 is 0 Å². The van der Waals surface area contributed by atoms with E-state index in [1.807, 2.05) is 47.8 Å². The minimum Gasteiger partial charge on any atom is -0.347 e. The van der Waals surface area contributed by atoms with Gasteiger partial charge in [0.25, 0.3) is 5.91 Å². The van der Waals surface area contributed by atoms with Crippen molar-refractivity contribution in [2.24, 2.45) is 0 Å². The molecule has 0 aliphatic heterocycles. The third-order valence-corrected chi connectivity index (χ3v) is 6.29. The van der Waals surface area contributed by atoms with Crippen LogP contribution in [0.3, 0.4) is 0 Å². The smallest absolute Gasteiger partial charge is 0.251 e. The first kappa shape index (κ1) is 18.8. The summed E-state index contributed by atoms with van der Waals surface area (Å²) in [4.78, 5) is 13.7. The number of fused-ring (bicyclic) bond motifs is 1. The van der Waals surface area contributed by atoms with E-state index in [9.17, 15) is 4.79 Å². The number of benzene rings is 2. The zero-order chi connectivity index (χ0) is 19.7. The molecule has 2 aromatic heterocycles. The summed E-state index contributed by atoms with van der Waals surface area (Å²) < 4.78 is 2.29. The van der Waals surface area contributed by atoms with Crippen LogP contribution >= 0.6 is 22.9 Å². The molecule has 2 aromatic carbocycles. The summed E-state index contributed by atoms with van der Waals surface area (Å²) in [5.74, 6) is -0.0437. The largest absolute Gasteiger partial charge is 0.347 e. The van der Waals surface area contributed by atoms with Gasteiger partial charge in [0.15, 0.2) is 0 Å².